The highest BCUT2D eigenvalue weighted by Crippen LogP contribution is 2.42. The van der Waals surface area contributed by atoms with Crippen molar-refractivity contribution in [3.8, 4) is 5.69 Å². The molecule has 24 heavy (non-hydrogen) atoms. The lowest BCUT2D eigenvalue weighted by atomic mass is 10.2. The summed E-state index contributed by atoms with van der Waals surface area (Å²) >= 11 is 3.35. The van der Waals surface area contributed by atoms with E-state index in [1.807, 2.05) is 24.3 Å². The van der Waals surface area contributed by atoms with Gasteiger partial charge in [-0.15, -0.1) is 5.10 Å². The molecule has 1 atom stereocenters. The second-order valence-corrected chi connectivity index (χ2v) is 6.42. The van der Waals surface area contributed by atoms with Gasteiger partial charge in [-0.2, -0.15) is 0 Å². The van der Waals surface area contributed by atoms with E-state index in [0.29, 0.717) is 5.69 Å². The van der Waals surface area contributed by atoms with Crippen molar-refractivity contribution in [2.45, 2.75) is 24.8 Å². The minimum atomic E-state index is -1.60. The minimum Gasteiger partial charge on any atom is -0.480 e. The normalized spacial score (nSPS) is 15.1. The van der Waals surface area contributed by atoms with E-state index in [-0.39, 0.29) is 11.6 Å². The first-order valence-electron chi connectivity index (χ1n) is 7.32. The van der Waals surface area contributed by atoms with Crippen LogP contribution in [0.5, 0.6) is 0 Å². The number of amides is 1. The Hall–Kier alpha value is -2.29. The number of aliphatic carboxylic acids is 1. The highest BCUT2D eigenvalue weighted by molar-refractivity contribution is 9.10. The van der Waals surface area contributed by atoms with Gasteiger partial charge in [0.1, 0.15) is 6.67 Å². The molecular formula is C15H14BrFN4O3. The van der Waals surface area contributed by atoms with Crippen LogP contribution in [0.2, 0.25) is 0 Å². The number of nitrogens with zero attached hydrogens (tertiary/aromatic N) is 3. The fraction of sp³-hybridized carbons (Fsp3) is 0.333. The van der Waals surface area contributed by atoms with E-state index in [0.717, 1.165) is 23.0 Å². The van der Waals surface area contributed by atoms with Crippen LogP contribution in [0.4, 0.5) is 4.39 Å². The summed E-state index contributed by atoms with van der Waals surface area (Å²) in [6, 6.07) is 5.75. The summed E-state index contributed by atoms with van der Waals surface area (Å²) in [5.74, 6) is -2.03. The molecule has 9 heteroatoms. The van der Waals surface area contributed by atoms with E-state index in [4.69, 9.17) is 5.11 Å². The average molecular weight is 397 g/mol. The Morgan fingerprint density at radius 2 is 2.04 bits per heavy atom. The van der Waals surface area contributed by atoms with Crippen LogP contribution in [0.15, 0.2) is 28.7 Å². The van der Waals surface area contributed by atoms with E-state index in [9.17, 15) is 14.0 Å². The Labute approximate surface area is 145 Å². The molecular weight excluding hydrogens is 383 g/mol. The molecule has 1 aromatic carbocycles. The van der Waals surface area contributed by atoms with Crippen molar-refractivity contribution in [2.75, 3.05) is 6.67 Å². The third-order valence-electron chi connectivity index (χ3n) is 3.71. The standard InChI is InChI=1S/C15H14BrFN4O3/c16-9-3-5-10(6-4-9)21-13(8-1-2-8)12(19-20-21)14(22)18-11(7-17)15(23)24/h3-6,8,11H,1-2,7H2,(H,18,22)(H,23,24). The Kier molecular flexibility index (Phi) is 4.61. The van der Waals surface area contributed by atoms with Crippen LogP contribution in [0, 0.1) is 0 Å². The van der Waals surface area contributed by atoms with Gasteiger partial charge in [0.05, 0.1) is 11.4 Å². The zero-order valence-electron chi connectivity index (χ0n) is 12.4. The Morgan fingerprint density at radius 1 is 1.38 bits per heavy atom. The molecule has 1 aliphatic carbocycles. The Bertz CT molecular complexity index is 774. The van der Waals surface area contributed by atoms with Crippen LogP contribution >= 0.6 is 15.9 Å². The predicted octanol–water partition coefficient (Wildman–Crippen LogP) is 2.06. The maximum Gasteiger partial charge on any atom is 0.328 e. The minimum absolute atomic E-state index is 0.0418. The molecule has 1 aromatic heterocycles. The second-order valence-electron chi connectivity index (χ2n) is 5.50. The van der Waals surface area contributed by atoms with Gasteiger partial charge in [-0.3, -0.25) is 4.79 Å². The summed E-state index contributed by atoms with van der Waals surface area (Å²) < 4.78 is 15.2. The van der Waals surface area contributed by atoms with Crippen LogP contribution in [-0.4, -0.2) is 44.7 Å². The van der Waals surface area contributed by atoms with E-state index in [1.54, 1.807) is 4.68 Å². The highest BCUT2D eigenvalue weighted by atomic mass is 79.9. The number of nitrogens with one attached hydrogen (secondary N) is 1. The lowest BCUT2D eigenvalue weighted by Crippen LogP contribution is -2.42. The predicted molar refractivity (Wildman–Crippen MR) is 85.9 cm³/mol. The largest absolute Gasteiger partial charge is 0.480 e. The number of aromatic nitrogens is 3. The number of carboxylic acids is 1. The van der Waals surface area contributed by atoms with Crippen molar-refractivity contribution >= 4 is 27.8 Å². The molecule has 0 saturated heterocycles. The highest BCUT2D eigenvalue weighted by Gasteiger charge is 2.35. The van der Waals surface area contributed by atoms with Gasteiger partial charge in [0.15, 0.2) is 11.7 Å². The Morgan fingerprint density at radius 3 is 2.58 bits per heavy atom. The summed E-state index contributed by atoms with van der Waals surface area (Å²) in [7, 11) is 0. The van der Waals surface area contributed by atoms with Gasteiger partial charge in [0, 0.05) is 10.4 Å². The molecule has 0 radical (unpaired) electrons. The van der Waals surface area contributed by atoms with Crippen molar-refractivity contribution in [2.24, 2.45) is 0 Å². The van der Waals surface area contributed by atoms with Crippen molar-refractivity contribution < 1.29 is 19.1 Å². The molecule has 126 valence electrons. The maximum absolute atomic E-state index is 12.7. The molecule has 0 spiro atoms. The third kappa shape index (κ3) is 3.30. The average Bonchev–Trinajstić information content (AvgIpc) is 3.31. The number of benzene rings is 1. The molecule has 1 heterocycles. The van der Waals surface area contributed by atoms with Crippen LogP contribution < -0.4 is 5.32 Å². The maximum atomic E-state index is 12.7. The molecule has 1 aliphatic rings. The van der Waals surface area contributed by atoms with E-state index >= 15 is 0 Å². The molecule has 2 aromatic rings. The first kappa shape index (κ1) is 16.6. The van der Waals surface area contributed by atoms with Crippen LogP contribution in [0.25, 0.3) is 5.69 Å². The first-order chi connectivity index (χ1) is 11.5. The van der Waals surface area contributed by atoms with E-state index < -0.39 is 24.6 Å². The molecule has 0 bridgehead atoms. The smallest absolute Gasteiger partial charge is 0.328 e. The fourth-order valence-electron chi connectivity index (χ4n) is 2.34. The van der Waals surface area contributed by atoms with Gasteiger partial charge >= 0.3 is 5.97 Å². The quantitative estimate of drug-likeness (QED) is 0.778. The van der Waals surface area contributed by atoms with E-state index in [1.165, 1.54) is 0 Å². The molecule has 2 N–H and O–H groups in total. The zero-order valence-corrected chi connectivity index (χ0v) is 14.0. The van der Waals surface area contributed by atoms with Crippen LogP contribution in [0.1, 0.15) is 34.9 Å². The van der Waals surface area contributed by atoms with Gasteiger partial charge < -0.3 is 10.4 Å². The molecule has 1 fully saturated rings. The second kappa shape index (κ2) is 6.68. The molecule has 1 amide bonds. The van der Waals surface area contributed by atoms with Crippen LogP contribution in [-0.2, 0) is 4.79 Å². The lowest BCUT2D eigenvalue weighted by molar-refractivity contribution is -0.139. The fourth-order valence-corrected chi connectivity index (χ4v) is 2.60. The number of carboxylic acid groups (broad SMARTS) is 1. The summed E-state index contributed by atoms with van der Waals surface area (Å²) in [6.07, 6.45) is 1.80. The van der Waals surface area contributed by atoms with Crippen LogP contribution in [0.3, 0.4) is 0 Å². The van der Waals surface area contributed by atoms with Crippen molar-refractivity contribution in [1.29, 1.82) is 0 Å². The molecule has 1 unspecified atom stereocenters. The lowest BCUT2D eigenvalue weighted by Gasteiger charge is -2.11. The topological polar surface area (TPSA) is 97.1 Å². The number of carbonyl (C=O) groups is 2. The number of rotatable bonds is 6. The van der Waals surface area contributed by atoms with Gasteiger partial charge in [-0.05, 0) is 37.1 Å². The zero-order chi connectivity index (χ0) is 17.3. The number of hydrogen-bond donors (Lipinski definition) is 2. The van der Waals surface area contributed by atoms with E-state index in [2.05, 4.69) is 31.6 Å². The first-order valence-corrected chi connectivity index (χ1v) is 8.11. The van der Waals surface area contributed by atoms with Gasteiger partial charge in [0.2, 0.25) is 0 Å². The summed E-state index contributed by atoms with van der Waals surface area (Å²) in [6.45, 7) is -1.19. The summed E-state index contributed by atoms with van der Waals surface area (Å²) in [4.78, 5) is 23.2. The number of alkyl halides is 1. The summed E-state index contributed by atoms with van der Waals surface area (Å²) in [5.41, 5.74) is 1.41. The van der Waals surface area contributed by atoms with Gasteiger partial charge in [0.25, 0.3) is 5.91 Å². The SMILES string of the molecule is O=C(NC(CF)C(=O)O)c1nnn(-c2ccc(Br)cc2)c1C1CC1. The van der Waals surface area contributed by atoms with Crippen molar-refractivity contribution in [1.82, 2.24) is 20.3 Å². The van der Waals surface area contributed by atoms with Crippen molar-refractivity contribution in [3.05, 3.63) is 40.1 Å². The van der Waals surface area contributed by atoms with Gasteiger partial charge in [-0.1, -0.05) is 21.1 Å². The number of hydrogen-bond acceptors (Lipinski definition) is 4. The molecule has 3 rings (SSSR count). The molecule has 7 nitrogen and oxygen atoms in total. The summed E-state index contributed by atoms with van der Waals surface area (Å²) in [5, 5.41) is 18.9. The monoisotopic (exact) mass is 396 g/mol. The van der Waals surface area contributed by atoms with Crippen molar-refractivity contribution in [3.63, 3.8) is 0 Å². The van der Waals surface area contributed by atoms with Gasteiger partial charge in [-0.25, -0.2) is 13.9 Å². The number of halogens is 2. The Balaban J connectivity index is 1.93. The molecule has 1 saturated carbocycles. The number of carbonyl (C=O) groups excluding carboxylic acids is 1. The third-order valence-corrected chi connectivity index (χ3v) is 4.24. The molecule has 0 aliphatic heterocycles.